The summed E-state index contributed by atoms with van der Waals surface area (Å²) < 4.78 is 4.70. The van der Waals surface area contributed by atoms with Crippen LogP contribution >= 0.6 is 0 Å². The predicted molar refractivity (Wildman–Crippen MR) is 123 cm³/mol. The highest BCUT2D eigenvalue weighted by molar-refractivity contribution is 6.49. The van der Waals surface area contributed by atoms with Crippen molar-refractivity contribution in [1.82, 2.24) is 10.6 Å². The first kappa shape index (κ1) is 27.4. The highest BCUT2D eigenvalue weighted by atomic mass is 16.5. The highest BCUT2D eigenvalue weighted by Gasteiger charge is 2.31. The number of ketones is 1. The number of carbonyl (C=O) groups is 4. The Labute approximate surface area is 190 Å². The van der Waals surface area contributed by atoms with Crippen LogP contribution in [0.15, 0.2) is 30.3 Å². The molecular formula is C23H35BN2O6. The number of hydrogen-bond acceptors (Lipinski definition) is 6. The van der Waals surface area contributed by atoms with Crippen molar-refractivity contribution in [2.45, 2.75) is 52.9 Å². The van der Waals surface area contributed by atoms with Gasteiger partial charge in [0.05, 0.1) is 25.5 Å². The summed E-state index contributed by atoms with van der Waals surface area (Å²) in [6.45, 7) is 6.16. The third kappa shape index (κ3) is 9.64. The highest BCUT2D eigenvalue weighted by Crippen LogP contribution is 2.18. The Balaban J connectivity index is 2.96. The molecule has 1 aromatic carbocycles. The Kier molecular flexibility index (Phi) is 11.7. The summed E-state index contributed by atoms with van der Waals surface area (Å²) in [7, 11) is 1.27. The predicted octanol–water partition coefficient (Wildman–Crippen LogP) is 1.41. The number of amides is 2. The molecule has 1 aromatic rings. The standard InChI is InChI=1S/C23H35BN2O6/c1-15(2)18(13-21(28)32-5)23(30)26-19(12-17-9-7-6-8-10-17)20(27)11-16(3)22(29)25-14-24(4)31/h6-10,15-16,18-19,31H,11-14H2,1-5H3,(H,25,29)(H,26,30)/t16-,18+,19+/m1/s1. The summed E-state index contributed by atoms with van der Waals surface area (Å²) in [6.07, 6.45) is 0.235. The van der Waals surface area contributed by atoms with E-state index in [1.54, 1.807) is 13.7 Å². The van der Waals surface area contributed by atoms with Crippen LogP contribution in [0.1, 0.15) is 39.2 Å². The molecule has 32 heavy (non-hydrogen) atoms. The zero-order chi connectivity index (χ0) is 24.3. The summed E-state index contributed by atoms with van der Waals surface area (Å²) in [6, 6.07) is 8.44. The number of esters is 1. The van der Waals surface area contributed by atoms with Gasteiger partial charge in [0.15, 0.2) is 5.78 Å². The van der Waals surface area contributed by atoms with E-state index in [1.807, 2.05) is 44.2 Å². The number of hydrogen-bond donors (Lipinski definition) is 3. The van der Waals surface area contributed by atoms with E-state index < -0.39 is 36.7 Å². The molecule has 0 spiro atoms. The quantitative estimate of drug-likeness (QED) is 0.311. The maximum atomic E-state index is 13.1. The van der Waals surface area contributed by atoms with E-state index >= 15 is 0 Å². The number of rotatable bonds is 13. The minimum absolute atomic E-state index is 0.0627. The van der Waals surface area contributed by atoms with Gasteiger partial charge >= 0.3 is 12.9 Å². The van der Waals surface area contributed by atoms with Crippen molar-refractivity contribution < 1.29 is 28.9 Å². The Morgan fingerprint density at radius 3 is 2.19 bits per heavy atom. The zero-order valence-corrected chi connectivity index (χ0v) is 19.6. The second-order valence-electron chi connectivity index (χ2n) is 8.55. The summed E-state index contributed by atoms with van der Waals surface area (Å²) in [5.41, 5.74) is 0.867. The third-order valence-electron chi connectivity index (χ3n) is 5.27. The van der Waals surface area contributed by atoms with Crippen molar-refractivity contribution >= 4 is 30.5 Å². The molecule has 176 valence electrons. The van der Waals surface area contributed by atoms with Gasteiger partial charge in [0.25, 0.3) is 0 Å². The average molecular weight is 446 g/mol. The maximum absolute atomic E-state index is 13.1. The van der Waals surface area contributed by atoms with Gasteiger partial charge in [0, 0.05) is 18.8 Å². The molecule has 0 aliphatic carbocycles. The summed E-state index contributed by atoms with van der Waals surface area (Å²) in [5.74, 6) is -2.89. The van der Waals surface area contributed by atoms with Crippen molar-refractivity contribution in [2.75, 3.05) is 13.6 Å². The van der Waals surface area contributed by atoms with E-state index in [2.05, 4.69) is 10.6 Å². The lowest BCUT2D eigenvalue weighted by Crippen LogP contribution is -2.47. The van der Waals surface area contributed by atoms with Gasteiger partial charge in [-0.15, -0.1) is 0 Å². The number of nitrogens with one attached hydrogen (secondary N) is 2. The number of carbonyl (C=O) groups excluding carboxylic acids is 4. The van der Waals surface area contributed by atoms with Gasteiger partial charge in [-0.3, -0.25) is 19.2 Å². The Morgan fingerprint density at radius 1 is 1.03 bits per heavy atom. The van der Waals surface area contributed by atoms with E-state index in [0.29, 0.717) is 0 Å². The van der Waals surface area contributed by atoms with Crippen molar-refractivity contribution in [3.63, 3.8) is 0 Å². The van der Waals surface area contributed by atoms with E-state index in [9.17, 15) is 24.2 Å². The first-order valence-corrected chi connectivity index (χ1v) is 10.9. The Morgan fingerprint density at radius 2 is 1.66 bits per heavy atom. The molecule has 0 aromatic heterocycles. The van der Waals surface area contributed by atoms with Gasteiger partial charge in [-0.25, -0.2) is 0 Å². The van der Waals surface area contributed by atoms with Gasteiger partial charge in [-0.05, 0) is 17.9 Å². The summed E-state index contributed by atoms with van der Waals surface area (Å²) >= 11 is 0. The third-order valence-corrected chi connectivity index (χ3v) is 5.27. The van der Waals surface area contributed by atoms with Crippen LogP contribution < -0.4 is 10.6 Å². The summed E-state index contributed by atoms with van der Waals surface area (Å²) in [4.78, 5) is 50.0. The van der Waals surface area contributed by atoms with Crippen molar-refractivity contribution in [3.8, 4) is 0 Å². The smallest absolute Gasteiger partial charge is 0.306 e. The van der Waals surface area contributed by atoms with E-state index in [-0.39, 0.29) is 43.3 Å². The van der Waals surface area contributed by atoms with Crippen LogP contribution in [0.4, 0.5) is 0 Å². The molecule has 8 nitrogen and oxygen atoms in total. The molecule has 0 saturated carbocycles. The van der Waals surface area contributed by atoms with E-state index in [1.165, 1.54) is 7.11 Å². The van der Waals surface area contributed by atoms with Crippen LogP contribution in [0.5, 0.6) is 0 Å². The number of Topliss-reactive ketones (excluding diaryl/α,β-unsaturated/α-hetero) is 1. The molecule has 1 rings (SSSR count). The largest absolute Gasteiger partial charge is 0.469 e. The molecule has 0 saturated heterocycles. The van der Waals surface area contributed by atoms with E-state index in [4.69, 9.17) is 4.74 Å². The Hall–Kier alpha value is -2.68. The van der Waals surface area contributed by atoms with Crippen LogP contribution in [0.2, 0.25) is 6.82 Å². The molecular weight excluding hydrogens is 411 g/mol. The number of methoxy groups -OCH3 is 1. The number of ether oxygens (including phenoxy) is 1. The molecule has 0 aliphatic rings. The second-order valence-corrected chi connectivity index (χ2v) is 8.55. The van der Waals surface area contributed by atoms with Gasteiger partial charge < -0.3 is 20.4 Å². The van der Waals surface area contributed by atoms with Crippen LogP contribution in [0.3, 0.4) is 0 Å². The summed E-state index contributed by atoms with van der Waals surface area (Å²) in [5, 5.41) is 14.7. The SMILES string of the molecule is COC(=O)C[C@H](C(=O)N[C@@H](Cc1ccccc1)C(=O)C[C@@H](C)C(=O)NCB(C)O)C(C)C. The number of benzene rings is 1. The molecule has 0 aliphatic heterocycles. The lowest BCUT2D eigenvalue weighted by molar-refractivity contribution is -0.145. The van der Waals surface area contributed by atoms with Gasteiger partial charge in [-0.1, -0.05) is 57.9 Å². The molecule has 2 amide bonds. The lowest BCUT2D eigenvalue weighted by Gasteiger charge is -2.24. The van der Waals surface area contributed by atoms with Gasteiger partial charge in [0.1, 0.15) is 0 Å². The maximum Gasteiger partial charge on any atom is 0.306 e. The van der Waals surface area contributed by atoms with Crippen LogP contribution in [-0.2, 0) is 30.3 Å². The zero-order valence-electron chi connectivity index (χ0n) is 19.6. The van der Waals surface area contributed by atoms with Crippen molar-refractivity contribution in [1.29, 1.82) is 0 Å². The molecule has 3 atom stereocenters. The molecule has 0 fully saturated rings. The fourth-order valence-corrected chi connectivity index (χ4v) is 3.23. The normalized spacial score (nSPS) is 13.6. The Bertz CT molecular complexity index is 769. The van der Waals surface area contributed by atoms with Gasteiger partial charge in [0.2, 0.25) is 11.8 Å². The molecule has 3 N–H and O–H groups in total. The fourth-order valence-electron chi connectivity index (χ4n) is 3.23. The van der Waals surface area contributed by atoms with Crippen LogP contribution in [0.25, 0.3) is 0 Å². The molecule has 0 heterocycles. The fraction of sp³-hybridized carbons (Fsp3) is 0.565. The van der Waals surface area contributed by atoms with E-state index in [0.717, 1.165) is 5.56 Å². The minimum Gasteiger partial charge on any atom is -0.469 e. The lowest BCUT2D eigenvalue weighted by atomic mass is 9.72. The molecule has 0 radical (unpaired) electrons. The first-order chi connectivity index (χ1) is 15.0. The first-order valence-electron chi connectivity index (χ1n) is 10.9. The topological polar surface area (TPSA) is 122 Å². The van der Waals surface area contributed by atoms with Crippen LogP contribution in [-0.4, -0.2) is 55.1 Å². The molecule has 0 bridgehead atoms. The van der Waals surface area contributed by atoms with Crippen molar-refractivity contribution in [2.24, 2.45) is 17.8 Å². The van der Waals surface area contributed by atoms with Gasteiger partial charge in [-0.2, -0.15) is 0 Å². The minimum atomic E-state index is -0.837. The molecule has 0 unspecified atom stereocenters. The average Bonchev–Trinajstić information content (AvgIpc) is 2.75. The monoisotopic (exact) mass is 446 g/mol. The molecule has 9 heteroatoms. The second kappa shape index (κ2) is 13.7. The van der Waals surface area contributed by atoms with Crippen molar-refractivity contribution in [3.05, 3.63) is 35.9 Å². The van der Waals surface area contributed by atoms with Crippen LogP contribution in [0, 0.1) is 17.8 Å².